The second-order valence-corrected chi connectivity index (χ2v) is 14.7. The van der Waals surface area contributed by atoms with Crippen LogP contribution in [0.15, 0.2) is 5.11 Å². The van der Waals surface area contributed by atoms with E-state index >= 15 is 4.39 Å². The highest BCUT2D eigenvalue weighted by Gasteiger charge is 2.50. The molecule has 2 fully saturated rings. The lowest BCUT2D eigenvalue weighted by Crippen LogP contribution is -2.60. The largest absolute Gasteiger partial charge is 0.379 e. The van der Waals surface area contributed by atoms with Crippen molar-refractivity contribution in [2.24, 2.45) is 5.11 Å². The maximum atomic E-state index is 16.0. The first-order valence-corrected chi connectivity index (χ1v) is 20.4. The second kappa shape index (κ2) is 27.5. The number of hydrogen-bond donors (Lipinski definition) is 0. The van der Waals surface area contributed by atoms with Crippen LogP contribution >= 0.6 is 0 Å². The van der Waals surface area contributed by atoms with Gasteiger partial charge < -0.3 is 33.2 Å². The molecule has 11 heteroatoms. The average Bonchev–Trinajstić information content (AvgIpc) is 3.41. The first-order valence-electron chi connectivity index (χ1n) is 20.4. The Labute approximate surface area is 304 Å². The Bertz CT molecular complexity index is 881. The molecule has 0 N–H and O–H groups in total. The van der Waals surface area contributed by atoms with E-state index in [0.717, 1.165) is 57.8 Å². The van der Waals surface area contributed by atoms with Crippen molar-refractivity contribution in [3.8, 4) is 0 Å². The third-order valence-corrected chi connectivity index (χ3v) is 9.68. The van der Waals surface area contributed by atoms with Gasteiger partial charge in [0.2, 0.25) is 0 Å². The molecule has 0 saturated carbocycles. The number of alkyl halides is 1. The molecule has 0 aromatic heterocycles. The van der Waals surface area contributed by atoms with E-state index in [-0.39, 0.29) is 19.3 Å². The van der Waals surface area contributed by atoms with Gasteiger partial charge in [0.05, 0.1) is 31.5 Å². The topological polar surface area (TPSA) is 113 Å². The van der Waals surface area contributed by atoms with Crippen molar-refractivity contribution < 1.29 is 37.5 Å². The number of ether oxygens (including phenoxy) is 7. The van der Waals surface area contributed by atoms with Crippen LogP contribution in [0, 0.1) is 0 Å². The molecule has 2 aliphatic rings. The summed E-state index contributed by atoms with van der Waals surface area (Å²) in [6, 6.07) is -0.675. The first-order chi connectivity index (χ1) is 24.3. The molecule has 0 spiro atoms. The Kier molecular flexibility index (Phi) is 24.9. The molecule has 2 saturated heterocycles. The highest BCUT2D eigenvalue weighted by molar-refractivity contribution is 4.94. The molecular weight excluding hydrogens is 641 g/mol. The van der Waals surface area contributed by atoms with Crippen molar-refractivity contribution in [2.45, 2.75) is 218 Å². The van der Waals surface area contributed by atoms with Crippen LogP contribution in [0.4, 0.5) is 4.39 Å². The summed E-state index contributed by atoms with van der Waals surface area (Å²) >= 11 is 0. The second-order valence-electron chi connectivity index (χ2n) is 14.7. The van der Waals surface area contributed by atoms with Gasteiger partial charge in [-0.1, -0.05) is 129 Å². The van der Waals surface area contributed by atoms with E-state index in [1.165, 1.54) is 64.2 Å². The molecule has 0 amide bonds. The van der Waals surface area contributed by atoms with Crippen LogP contribution in [0.25, 0.3) is 10.4 Å². The number of nitrogens with zero attached hydrogens (tertiary/aromatic N) is 3. The van der Waals surface area contributed by atoms with E-state index in [4.69, 9.17) is 33.2 Å². The lowest BCUT2D eigenvalue weighted by molar-refractivity contribution is -0.310. The fourth-order valence-electron chi connectivity index (χ4n) is 6.72. The van der Waals surface area contributed by atoms with Crippen LogP contribution in [-0.2, 0) is 33.2 Å². The number of halogens is 1. The van der Waals surface area contributed by atoms with Crippen LogP contribution in [-0.4, -0.2) is 87.8 Å². The fraction of sp³-hybridized carbons (Fsp3) is 1.00. The quantitative estimate of drug-likeness (QED) is 0.0304. The van der Waals surface area contributed by atoms with E-state index in [1.807, 2.05) is 13.8 Å². The summed E-state index contributed by atoms with van der Waals surface area (Å²) < 4.78 is 59.5. The minimum Gasteiger partial charge on any atom is -0.379 e. The Hall–Kier alpha value is -1.04. The number of rotatable bonds is 31. The highest BCUT2D eigenvalue weighted by atomic mass is 19.1. The highest BCUT2D eigenvalue weighted by Crippen LogP contribution is 2.35. The van der Waals surface area contributed by atoms with Gasteiger partial charge in [-0.2, -0.15) is 0 Å². The van der Waals surface area contributed by atoms with Gasteiger partial charge in [0.1, 0.15) is 18.3 Å². The smallest absolute Gasteiger partial charge is 0.186 e. The van der Waals surface area contributed by atoms with E-state index in [0.29, 0.717) is 19.8 Å². The van der Waals surface area contributed by atoms with Crippen molar-refractivity contribution >= 4 is 0 Å². The molecule has 294 valence electrons. The van der Waals surface area contributed by atoms with Crippen molar-refractivity contribution in [3.05, 3.63) is 10.4 Å². The number of azide groups is 1. The molecule has 2 aliphatic heterocycles. The van der Waals surface area contributed by atoms with Gasteiger partial charge in [0.15, 0.2) is 18.2 Å². The van der Waals surface area contributed by atoms with Crippen molar-refractivity contribution in [1.82, 2.24) is 0 Å². The molecule has 2 unspecified atom stereocenters. The predicted molar refractivity (Wildman–Crippen MR) is 197 cm³/mol. The average molecular weight is 716 g/mol. The number of unbranched alkanes of at least 4 members (excludes halogenated alkanes) is 14. The minimum absolute atomic E-state index is 0.00343. The molecule has 2 rings (SSSR count). The molecule has 0 aromatic carbocycles. The van der Waals surface area contributed by atoms with Crippen molar-refractivity contribution in [3.63, 3.8) is 0 Å². The van der Waals surface area contributed by atoms with Crippen LogP contribution in [0.3, 0.4) is 0 Å². The lowest BCUT2D eigenvalue weighted by Gasteiger charge is -2.43. The molecule has 0 aromatic rings. The molecular formula is C39H74FN3O7. The summed E-state index contributed by atoms with van der Waals surface area (Å²) in [5.74, 6) is -0.816. The normalized spacial score (nSPS) is 27.0. The summed E-state index contributed by atoms with van der Waals surface area (Å²) in [5, 5.41) is 4.12. The van der Waals surface area contributed by atoms with Gasteiger partial charge in [-0.25, -0.2) is 4.39 Å². The van der Waals surface area contributed by atoms with Gasteiger partial charge in [-0.15, -0.1) is 0 Å². The summed E-state index contributed by atoms with van der Waals surface area (Å²) in [6.07, 6.45) is 15.9. The maximum Gasteiger partial charge on any atom is 0.186 e. The standard InChI is InChI=1S/C39H74FN3O7/c1-7-11-15-16-17-18-19-20-21-22-23-24-25-32-35(50-39(5,6)49-32)31(42-43-41)29-47-38-37(46-28-14-10-4)36(45-27-13-9-3)34(40)33(48-38)30-44-26-12-8-2/h31-38H,7-30H2,1-6H3/t31-,32+,33?,34+,35-,36-,37?,38-/m0/s1. The molecule has 50 heavy (non-hydrogen) atoms. The zero-order valence-electron chi connectivity index (χ0n) is 32.7. The molecule has 0 bridgehead atoms. The molecule has 0 aliphatic carbocycles. The van der Waals surface area contributed by atoms with Gasteiger partial charge in [0.25, 0.3) is 0 Å². The van der Waals surface area contributed by atoms with Crippen molar-refractivity contribution in [1.29, 1.82) is 0 Å². The van der Waals surface area contributed by atoms with E-state index < -0.39 is 48.7 Å². The monoisotopic (exact) mass is 716 g/mol. The Morgan fingerprint density at radius 2 is 1.22 bits per heavy atom. The Morgan fingerprint density at radius 3 is 1.80 bits per heavy atom. The van der Waals surface area contributed by atoms with Gasteiger partial charge in [-0.3, -0.25) is 0 Å². The van der Waals surface area contributed by atoms with Gasteiger partial charge >= 0.3 is 0 Å². The van der Waals surface area contributed by atoms with Crippen molar-refractivity contribution in [2.75, 3.05) is 33.0 Å². The summed E-state index contributed by atoms with van der Waals surface area (Å²) in [7, 11) is 0. The summed E-state index contributed by atoms with van der Waals surface area (Å²) in [6.45, 7) is 13.7. The molecule has 0 radical (unpaired) electrons. The van der Waals surface area contributed by atoms with Gasteiger partial charge in [-0.05, 0) is 45.1 Å². The molecule has 2 heterocycles. The fourth-order valence-corrected chi connectivity index (χ4v) is 6.72. The van der Waals surface area contributed by atoms with Crippen LogP contribution in [0.1, 0.15) is 164 Å². The third kappa shape index (κ3) is 17.7. The van der Waals surface area contributed by atoms with Gasteiger partial charge in [0, 0.05) is 24.7 Å². The Balaban J connectivity index is 2.03. The van der Waals surface area contributed by atoms with E-state index in [1.54, 1.807) is 0 Å². The summed E-state index contributed by atoms with van der Waals surface area (Å²) in [5.41, 5.74) is 9.58. The summed E-state index contributed by atoms with van der Waals surface area (Å²) in [4.78, 5) is 3.15. The lowest BCUT2D eigenvalue weighted by atomic mass is 9.99. The zero-order chi connectivity index (χ0) is 36.5. The predicted octanol–water partition coefficient (Wildman–Crippen LogP) is 10.5. The van der Waals surface area contributed by atoms with Crippen LogP contribution in [0.2, 0.25) is 0 Å². The first kappa shape index (κ1) is 45.1. The SMILES string of the molecule is CCCCCCCCCCCCCC[C@H]1OC(C)(C)O[C@H]1[C@H](CO[C@H]1OC(COCCCC)[C@@H](F)[C@H](OCCCC)C1OCCCC)N=[N+]=[N-]. The molecule has 10 nitrogen and oxygen atoms in total. The maximum absolute atomic E-state index is 16.0. The van der Waals surface area contributed by atoms with E-state index in [2.05, 4.69) is 37.7 Å². The Morgan fingerprint density at radius 1 is 0.680 bits per heavy atom. The zero-order valence-corrected chi connectivity index (χ0v) is 32.7. The third-order valence-electron chi connectivity index (χ3n) is 9.68. The van der Waals surface area contributed by atoms with Crippen LogP contribution in [0.5, 0.6) is 0 Å². The van der Waals surface area contributed by atoms with E-state index in [9.17, 15) is 5.53 Å². The van der Waals surface area contributed by atoms with Crippen LogP contribution < -0.4 is 0 Å². The number of hydrogen-bond acceptors (Lipinski definition) is 8. The molecule has 8 atom stereocenters. The minimum atomic E-state index is -1.44.